The van der Waals surface area contributed by atoms with E-state index in [0.29, 0.717) is 13.0 Å². The van der Waals surface area contributed by atoms with Gasteiger partial charge in [-0.15, -0.1) is 0 Å². The first-order valence-corrected chi connectivity index (χ1v) is 8.75. The van der Waals surface area contributed by atoms with Gasteiger partial charge in [-0.1, -0.05) is 60.7 Å². The molecule has 3 aromatic carbocycles. The summed E-state index contributed by atoms with van der Waals surface area (Å²) in [7, 11) is 2.09. The average Bonchev–Trinajstić information content (AvgIpc) is 2.81. The molecular formula is C22H22N2O. The monoisotopic (exact) mass is 330 g/mol. The molecule has 1 heterocycles. The Balaban J connectivity index is 1.54. The van der Waals surface area contributed by atoms with E-state index in [1.165, 1.54) is 22.0 Å². The quantitative estimate of drug-likeness (QED) is 0.712. The highest BCUT2D eigenvalue weighted by Gasteiger charge is 2.21. The largest absolute Gasteiger partial charge is 0.373 e. The van der Waals surface area contributed by atoms with Crippen LogP contribution in [0.2, 0.25) is 0 Å². The van der Waals surface area contributed by atoms with E-state index in [0.717, 1.165) is 18.7 Å². The first kappa shape index (κ1) is 15.7. The number of rotatable bonds is 2. The standard InChI is InChI=1S/C22H22N2O/c1-23-12-13-24(16-20-8-4-5-9-21(20)23)22(25)15-17-10-11-18-6-2-3-7-19(18)14-17/h2-11,14H,12-13,15-16H2,1H3. The molecule has 0 bridgehead atoms. The smallest absolute Gasteiger partial charge is 0.227 e. The first-order chi connectivity index (χ1) is 12.2. The third-order valence-corrected chi connectivity index (χ3v) is 4.99. The minimum absolute atomic E-state index is 0.195. The Kier molecular flexibility index (Phi) is 4.14. The summed E-state index contributed by atoms with van der Waals surface area (Å²) in [5, 5.41) is 2.40. The van der Waals surface area contributed by atoms with E-state index in [1.54, 1.807) is 0 Å². The second-order valence-electron chi connectivity index (χ2n) is 6.72. The molecule has 0 spiro atoms. The van der Waals surface area contributed by atoms with Crippen molar-refractivity contribution in [3.63, 3.8) is 0 Å². The predicted molar refractivity (Wildman–Crippen MR) is 103 cm³/mol. The molecule has 4 rings (SSSR count). The molecule has 25 heavy (non-hydrogen) atoms. The summed E-state index contributed by atoms with van der Waals surface area (Å²) in [6, 6.07) is 22.9. The van der Waals surface area contributed by atoms with Gasteiger partial charge in [-0.05, 0) is 28.0 Å². The Bertz CT molecular complexity index is 919. The number of anilines is 1. The summed E-state index contributed by atoms with van der Waals surface area (Å²) in [6.07, 6.45) is 0.455. The number of fused-ring (bicyclic) bond motifs is 2. The second-order valence-corrected chi connectivity index (χ2v) is 6.72. The second kappa shape index (κ2) is 6.60. The number of carbonyl (C=O) groups excluding carboxylic acids is 1. The fraction of sp³-hybridized carbons (Fsp3) is 0.227. The summed E-state index contributed by atoms with van der Waals surface area (Å²) in [5.74, 6) is 0.195. The number of benzene rings is 3. The van der Waals surface area contributed by atoms with E-state index in [4.69, 9.17) is 0 Å². The lowest BCUT2D eigenvalue weighted by Gasteiger charge is -2.21. The zero-order chi connectivity index (χ0) is 17.2. The molecule has 126 valence electrons. The van der Waals surface area contributed by atoms with Gasteiger partial charge in [0.15, 0.2) is 0 Å². The summed E-state index contributed by atoms with van der Waals surface area (Å²) < 4.78 is 0. The van der Waals surface area contributed by atoms with Crippen molar-refractivity contribution in [3.8, 4) is 0 Å². The Morgan fingerprint density at radius 2 is 1.68 bits per heavy atom. The minimum atomic E-state index is 0.195. The van der Waals surface area contributed by atoms with Crippen LogP contribution in [-0.4, -0.2) is 30.9 Å². The lowest BCUT2D eigenvalue weighted by molar-refractivity contribution is -0.130. The van der Waals surface area contributed by atoms with E-state index in [-0.39, 0.29) is 5.91 Å². The van der Waals surface area contributed by atoms with Gasteiger partial charge in [0.25, 0.3) is 0 Å². The van der Waals surface area contributed by atoms with Gasteiger partial charge in [0.05, 0.1) is 6.42 Å². The van der Waals surface area contributed by atoms with E-state index >= 15 is 0 Å². The number of carbonyl (C=O) groups is 1. The van der Waals surface area contributed by atoms with Crippen LogP contribution in [0.3, 0.4) is 0 Å². The zero-order valence-electron chi connectivity index (χ0n) is 14.5. The Hall–Kier alpha value is -2.81. The molecule has 3 aromatic rings. The van der Waals surface area contributed by atoms with Crippen molar-refractivity contribution in [1.29, 1.82) is 0 Å². The highest BCUT2D eigenvalue weighted by Crippen LogP contribution is 2.24. The highest BCUT2D eigenvalue weighted by molar-refractivity contribution is 5.85. The van der Waals surface area contributed by atoms with Crippen LogP contribution in [0.4, 0.5) is 5.69 Å². The van der Waals surface area contributed by atoms with Crippen molar-refractivity contribution in [1.82, 2.24) is 4.90 Å². The number of likely N-dealkylation sites (N-methyl/N-ethyl adjacent to an activating group) is 1. The molecular weight excluding hydrogens is 308 g/mol. The molecule has 0 unspecified atom stereocenters. The van der Waals surface area contributed by atoms with Gasteiger partial charge in [0, 0.05) is 32.4 Å². The zero-order valence-corrected chi connectivity index (χ0v) is 14.5. The third-order valence-electron chi connectivity index (χ3n) is 4.99. The Morgan fingerprint density at radius 1 is 0.920 bits per heavy atom. The molecule has 1 amide bonds. The summed E-state index contributed by atoms with van der Waals surface area (Å²) >= 11 is 0. The van der Waals surface area contributed by atoms with Crippen molar-refractivity contribution in [2.45, 2.75) is 13.0 Å². The van der Waals surface area contributed by atoms with E-state index in [2.05, 4.69) is 60.5 Å². The van der Waals surface area contributed by atoms with Crippen molar-refractivity contribution < 1.29 is 4.79 Å². The van der Waals surface area contributed by atoms with E-state index in [9.17, 15) is 4.79 Å². The fourth-order valence-electron chi connectivity index (χ4n) is 3.54. The number of nitrogens with zero attached hydrogens (tertiary/aromatic N) is 2. The lowest BCUT2D eigenvalue weighted by atomic mass is 10.0. The van der Waals surface area contributed by atoms with Crippen LogP contribution in [0.5, 0.6) is 0 Å². The molecule has 0 saturated carbocycles. The van der Waals surface area contributed by atoms with Crippen molar-refractivity contribution in [2.75, 3.05) is 25.0 Å². The van der Waals surface area contributed by atoms with E-state index in [1.807, 2.05) is 23.1 Å². The molecule has 1 aliphatic heterocycles. The van der Waals surface area contributed by atoms with Crippen LogP contribution >= 0.6 is 0 Å². The Labute approximate surface area is 148 Å². The van der Waals surface area contributed by atoms with Gasteiger partial charge in [-0.25, -0.2) is 0 Å². The summed E-state index contributed by atoms with van der Waals surface area (Å²) in [6.45, 7) is 2.31. The van der Waals surface area contributed by atoms with Crippen molar-refractivity contribution >= 4 is 22.4 Å². The SMILES string of the molecule is CN1CCN(C(=O)Cc2ccc3ccccc3c2)Cc2ccccc21. The topological polar surface area (TPSA) is 23.6 Å². The molecule has 0 aromatic heterocycles. The maximum absolute atomic E-state index is 12.9. The van der Waals surface area contributed by atoms with Gasteiger partial charge in [0.2, 0.25) is 5.91 Å². The normalized spacial score (nSPS) is 14.3. The third kappa shape index (κ3) is 3.22. The van der Waals surface area contributed by atoms with E-state index < -0.39 is 0 Å². The van der Waals surface area contributed by atoms with Gasteiger partial charge in [-0.3, -0.25) is 4.79 Å². The number of amides is 1. The molecule has 0 fully saturated rings. The molecule has 0 saturated heterocycles. The lowest BCUT2D eigenvalue weighted by Crippen LogP contribution is -2.35. The molecule has 0 atom stereocenters. The average molecular weight is 330 g/mol. The maximum atomic E-state index is 12.9. The van der Waals surface area contributed by atoms with Crippen LogP contribution in [0, 0.1) is 0 Å². The van der Waals surface area contributed by atoms with Crippen LogP contribution in [0.15, 0.2) is 66.7 Å². The minimum Gasteiger partial charge on any atom is -0.373 e. The molecule has 3 heteroatoms. The molecule has 0 aliphatic carbocycles. The maximum Gasteiger partial charge on any atom is 0.227 e. The van der Waals surface area contributed by atoms with Gasteiger partial charge < -0.3 is 9.80 Å². The van der Waals surface area contributed by atoms with Crippen LogP contribution in [-0.2, 0) is 17.8 Å². The first-order valence-electron chi connectivity index (χ1n) is 8.75. The van der Waals surface area contributed by atoms with Crippen molar-refractivity contribution in [3.05, 3.63) is 77.9 Å². The van der Waals surface area contributed by atoms with Gasteiger partial charge >= 0.3 is 0 Å². The Morgan fingerprint density at radius 3 is 2.56 bits per heavy atom. The van der Waals surface area contributed by atoms with Gasteiger partial charge in [-0.2, -0.15) is 0 Å². The fourth-order valence-corrected chi connectivity index (χ4v) is 3.54. The molecule has 0 radical (unpaired) electrons. The molecule has 3 nitrogen and oxygen atoms in total. The number of para-hydroxylation sites is 1. The number of hydrogen-bond acceptors (Lipinski definition) is 2. The number of hydrogen-bond donors (Lipinski definition) is 0. The predicted octanol–water partition coefficient (Wildman–Crippen LogP) is 3.86. The summed E-state index contributed by atoms with van der Waals surface area (Å²) in [5.41, 5.74) is 3.52. The summed E-state index contributed by atoms with van der Waals surface area (Å²) in [4.78, 5) is 17.1. The van der Waals surface area contributed by atoms with Crippen LogP contribution < -0.4 is 4.90 Å². The van der Waals surface area contributed by atoms with Crippen LogP contribution in [0.25, 0.3) is 10.8 Å². The molecule has 1 aliphatic rings. The van der Waals surface area contributed by atoms with Gasteiger partial charge in [0.1, 0.15) is 0 Å². The molecule has 0 N–H and O–H groups in total. The van der Waals surface area contributed by atoms with Crippen molar-refractivity contribution in [2.24, 2.45) is 0 Å². The highest BCUT2D eigenvalue weighted by atomic mass is 16.2. The van der Waals surface area contributed by atoms with Crippen LogP contribution in [0.1, 0.15) is 11.1 Å².